The number of methoxy groups -OCH3 is 1. The van der Waals surface area contributed by atoms with E-state index in [9.17, 15) is 4.79 Å². The summed E-state index contributed by atoms with van der Waals surface area (Å²) in [7, 11) is 1.68. The molecule has 0 saturated heterocycles. The molecule has 0 aliphatic rings. The second-order valence-electron chi connectivity index (χ2n) is 7.47. The molecule has 1 atom stereocenters. The van der Waals surface area contributed by atoms with Crippen molar-refractivity contribution in [3.05, 3.63) is 93.9 Å². The van der Waals surface area contributed by atoms with Gasteiger partial charge in [-0.1, -0.05) is 55.5 Å². The van der Waals surface area contributed by atoms with Crippen LogP contribution in [0.3, 0.4) is 0 Å². The lowest BCUT2D eigenvalue weighted by molar-refractivity contribution is 0.0182. The van der Waals surface area contributed by atoms with E-state index in [-0.39, 0.29) is 5.78 Å². The molecule has 1 heterocycles. The van der Waals surface area contributed by atoms with Crippen LogP contribution in [-0.4, -0.2) is 17.9 Å². The number of carbonyl (C=O) groups excluding carboxylic acids is 1. The average molecular weight is 432 g/mol. The zero-order valence-electron chi connectivity index (χ0n) is 17.9. The van der Waals surface area contributed by atoms with E-state index in [0.717, 1.165) is 21.9 Å². The summed E-state index contributed by atoms with van der Waals surface area (Å²) in [6, 6.07) is 22.6. The van der Waals surface area contributed by atoms with Gasteiger partial charge >= 0.3 is 0 Å². The van der Waals surface area contributed by atoms with Gasteiger partial charge in [0.05, 0.1) is 4.88 Å². The number of ether oxygens (including phenoxy) is 2. The van der Waals surface area contributed by atoms with E-state index in [0.29, 0.717) is 17.9 Å². The van der Waals surface area contributed by atoms with Gasteiger partial charge < -0.3 is 9.47 Å². The van der Waals surface area contributed by atoms with Crippen molar-refractivity contribution in [3.8, 4) is 5.75 Å². The fourth-order valence-electron chi connectivity index (χ4n) is 3.78. The Kier molecular flexibility index (Phi) is 6.16. The summed E-state index contributed by atoms with van der Waals surface area (Å²) >= 11 is 1.38. The second-order valence-corrected chi connectivity index (χ2v) is 8.50. The van der Waals surface area contributed by atoms with E-state index in [4.69, 9.17) is 9.47 Å². The van der Waals surface area contributed by atoms with Crippen molar-refractivity contribution in [2.45, 2.75) is 32.5 Å². The molecule has 0 fully saturated rings. The average Bonchev–Trinajstić information content (AvgIpc) is 3.30. The Morgan fingerprint density at radius 3 is 2.55 bits per heavy atom. The number of ketones is 1. The third kappa shape index (κ3) is 4.24. The molecule has 4 aromatic rings. The zero-order chi connectivity index (χ0) is 21.8. The number of Topliss-reactive ketones (excluding diaryl/α,β-unsaturated/α-hetero) is 1. The van der Waals surface area contributed by atoms with Gasteiger partial charge in [0.2, 0.25) is 0 Å². The first kappa shape index (κ1) is 21.2. The number of benzene rings is 3. The quantitative estimate of drug-likeness (QED) is 0.304. The first-order valence-corrected chi connectivity index (χ1v) is 11.1. The van der Waals surface area contributed by atoms with Gasteiger partial charge in [0.15, 0.2) is 5.78 Å². The number of aromatic nitrogens is 1. The topological polar surface area (TPSA) is 48.4 Å². The lowest BCUT2D eigenvalue weighted by Gasteiger charge is -2.30. The van der Waals surface area contributed by atoms with Crippen molar-refractivity contribution >= 4 is 27.9 Å². The molecule has 1 unspecified atom stereocenters. The van der Waals surface area contributed by atoms with E-state index in [1.54, 1.807) is 20.2 Å². The summed E-state index contributed by atoms with van der Waals surface area (Å²) in [4.78, 5) is 16.9. The highest BCUT2D eigenvalue weighted by Gasteiger charge is 2.36. The molecule has 0 spiro atoms. The van der Waals surface area contributed by atoms with Gasteiger partial charge in [0.1, 0.15) is 23.0 Å². The van der Waals surface area contributed by atoms with Crippen molar-refractivity contribution in [2.75, 3.05) is 7.11 Å². The Bertz CT molecular complexity index is 1210. The van der Waals surface area contributed by atoms with Crippen LogP contribution in [-0.2, 0) is 16.9 Å². The van der Waals surface area contributed by atoms with Crippen molar-refractivity contribution in [2.24, 2.45) is 0 Å². The third-order valence-corrected chi connectivity index (χ3v) is 6.81. The predicted octanol–water partition coefficient (Wildman–Crippen LogP) is 6.38. The fraction of sp³-hybridized carbons (Fsp3) is 0.231. The van der Waals surface area contributed by atoms with Crippen LogP contribution in [0.5, 0.6) is 5.75 Å². The van der Waals surface area contributed by atoms with Crippen LogP contribution in [0.2, 0.25) is 0 Å². The van der Waals surface area contributed by atoms with Crippen LogP contribution in [0.15, 0.2) is 72.9 Å². The Labute approximate surface area is 186 Å². The molecule has 0 bridgehead atoms. The zero-order valence-corrected chi connectivity index (χ0v) is 18.7. The van der Waals surface area contributed by atoms with Gasteiger partial charge in [-0.3, -0.25) is 4.79 Å². The normalized spacial score (nSPS) is 13.1. The lowest BCUT2D eigenvalue weighted by Crippen LogP contribution is -2.29. The largest absolute Gasteiger partial charge is 0.489 e. The van der Waals surface area contributed by atoms with Gasteiger partial charge in [0.25, 0.3) is 0 Å². The first-order chi connectivity index (χ1) is 15.1. The Morgan fingerprint density at radius 1 is 1.03 bits per heavy atom. The SMILES string of the molecule is CCC(OC)(c1cccc(OCc2ccc3ccccc3c2)c1)c1ncc(C(C)=O)s1. The summed E-state index contributed by atoms with van der Waals surface area (Å²) in [5, 5.41) is 3.19. The van der Waals surface area contributed by atoms with Gasteiger partial charge in [-0.15, -0.1) is 11.3 Å². The highest BCUT2D eigenvalue weighted by atomic mass is 32.1. The van der Waals surface area contributed by atoms with E-state index in [2.05, 4.69) is 42.2 Å². The molecule has 0 amide bonds. The summed E-state index contributed by atoms with van der Waals surface area (Å²) in [6.07, 6.45) is 2.31. The number of thiazole rings is 1. The molecular formula is C26H25NO3S. The van der Waals surface area contributed by atoms with Crippen LogP contribution in [0.25, 0.3) is 10.8 Å². The monoisotopic (exact) mass is 431 g/mol. The Balaban J connectivity index is 1.59. The van der Waals surface area contributed by atoms with Gasteiger partial charge in [-0.25, -0.2) is 4.98 Å². The molecule has 4 rings (SSSR count). The Hall–Kier alpha value is -3.02. The second kappa shape index (κ2) is 9.00. The summed E-state index contributed by atoms with van der Waals surface area (Å²) in [6.45, 7) is 4.09. The first-order valence-electron chi connectivity index (χ1n) is 10.3. The third-order valence-electron chi connectivity index (χ3n) is 5.56. The van der Waals surface area contributed by atoms with Crippen LogP contribution < -0.4 is 4.74 Å². The predicted molar refractivity (Wildman–Crippen MR) is 125 cm³/mol. The van der Waals surface area contributed by atoms with Crippen LogP contribution >= 0.6 is 11.3 Å². The van der Waals surface area contributed by atoms with Gasteiger partial charge in [-0.2, -0.15) is 0 Å². The highest BCUT2D eigenvalue weighted by Crippen LogP contribution is 2.39. The summed E-state index contributed by atoms with van der Waals surface area (Å²) in [5.41, 5.74) is 1.35. The Morgan fingerprint density at radius 2 is 1.84 bits per heavy atom. The molecule has 5 heteroatoms. The van der Waals surface area contributed by atoms with E-state index in [1.165, 1.54) is 22.1 Å². The fourth-order valence-corrected chi connectivity index (χ4v) is 4.86. The molecule has 0 saturated carbocycles. The number of hydrogen-bond donors (Lipinski definition) is 0. The van der Waals surface area contributed by atoms with Crippen LogP contribution in [0.1, 0.15) is 46.1 Å². The molecule has 0 N–H and O–H groups in total. The van der Waals surface area contributed by atoms with Gasteiger partial charge in [-0.05, 0) is 46.5 Å². The lowest BCUT2D eigenvalue weighted by atomic mass is 9.91. The molecule has 158 valence electrons. The molecule has 0 aliphatic carbocycles. The van der Waals surface area contributed by atoms with E-state index in [1.807, 2.05) is 36.4 Å². The minimum Gasteiger partial charge on any atom is -0.489 e. The van der Waals surface area contributed by atoms with Crippen molar-refractivity contribution < 1.29 is 14.3 Å². The van der Waals surface area contributed by atoms with E-state index < -0.39 is 5.60 Å². The maximum Gasteiger partial charge on any atom is 0.171 e. The van der Waals surface area contributed by atoms with Crippen molar-refractivity contribution in [1.82, 2.24) is 4.98 Å². The number of fused-ring (bicyclic) bond motifs is 1. The minimum absolute atomic E-state index is 0.0114. The van der Waals surface area contributed by atoms with Gasteiger partial charge in [0, 0.05) is 20.2 Å². The number of carbonyl (C=O) groups is 1. The number of nitrogens with zero attached hydrogens (tertiary/aromatic N) is 1. The van der Waals surface area contributed by atoms with Crippen LogP contribution in [0.4, 0.5) is 0 Å². The highest BCUT2D eigenvalue weighted by molar-refractivity contribution is 7.13. The number of rotatable bonds is 8. The standard InChI is InChI=1S/C26H25NO3S/c1-4-26(29-3,25-27-16-24(31-25)18(2)28)22-10-7-11-23(15-22)30-17-19-12-13-20-8-5-6-9-21(20)14-19/h5-16H,4,17H2,1-3H3. The molecule has 31 heavy (non-hydrogen) atoms. The van der Waals surface area contributed by atoms with Crippen molar-refractivity contribution in [1.29, 1.82) is 0 Å². The summed E-state index contributed by atoms with van der Waals surface area (Å²) in [5.74, 6) is 0.779. The maximum atomic E-state index is 11.8. The molecule has 0 aliphatic heterocycles. The number of hydrogen-bond acceptors (Lipinski definition) is 5. The molecule has 4 nitrogen and oxygen atoms in total. The molecule has 1 aromatic heterocycles. The minimum atomic E-state index is -0.722. The van der Waals surface area contributed by atoms with Crippen LogP contribution in [0, 0.1) is 0 Å². The molecular weight excluding hydrogens is 406 g/mol. The summed E-state index contributed by atoms with van der Waals surface area (Å²) < 4.78 is 12.1. The molecule has 3 aromatic carbocycles. The smallest absolute Gasteiger partial charge is 0.171 e. The van der Waals surface area contributed by atoms with Crippen molar-refractivity contribution in [3.63, 3.8) is 0 Å². The molecule has 0 radical (unpaired) electrons. The maximum absolute atomic E-state index is 11.8. The van der Waals surface area contributed by atoms with E-state index >= 15 is 0 Å².